The zero-order valence-electron chi connectivity index (χ0n) is 10.4. The molecule has 0 saturated carbocycles. The monoisotopic (exact) mass is 259 g/mol. The highest BCUT2D eigenvalue weighted by Gasteiger charge is 2.05. The Balaban J connectivity index is 2.47. The van der Waals surface area contributed by atoms with Crippen molar-refractivity contribution in [2.24, 2.45) is 0 Å². The van der Waals surface area contributed by atoms with E-state index in [9.17, 15) is 0 Å². The number of hydrogen-bond acceptors (Lipinski definition) is 6. The Morgan fingerprint density at radius 1 is 1.24 bits per heavy atom. The first-order valence-corrected chi connectivity index (χ1v) is 5.83. The summed E-state index contributed by atoms with van der Waals surface area (Å²) in [7, 11) is 5.41. The molecule has 0 radical (unpaired) electrons. The maximum Gasteiger partial charge on any atom is 0.230 e. The van der Waals surface area contributed by atoms with E-state index in [0.717, 1.165) is 26.0 Å². The van der Waals surface area contributed by atoms with Gasteiger partial charge in [-0.2, -0.15) is 15.0 Å². The summed E-state index contributed by atoms with van der Waals surface area (Å²) in [4.78, 5) is 14.0. The Kier molecular flexibility index (Phi) is 5.93. The summed E-state index contributed by atoms with van der Waals surface area (Å²) < 4.78 is 4.97. The van der Waals surface area contributed by atoms with Crippen LogP contribution in [0.4, 0.5) is 11.9 Å². The van der Waals surface area contributed by atoms with Gasteiger partial charge in [0.05, 0.1) is 0 Å². The highest BCUT2D eigenvalue weighted by atomic mass is 35.5. The van der Waals surface area contributed by atoms with Gasteiger partial charge in [-0.05, 0) is 24.4 Å². The van der Waals surface area contributed by atoms with Gasteiger partial charge in [0.2, 0.25) is 17.2 Å². The van der Waals surface area contributed by atoms with Crippen molar-refractivity contribution >= 4 is 23.5 Å². The van der Waals surface area contributed by atoms with E-state index in [1.54, 1.807) is 12.0 Å². The fourth-order valence-electron chi connectivity index (χ4n) is 1.19. The van der Waals surface area contributed by atoms with Gasteiger partial charge in [0.15, 0.2) is 0 Å². The van der Waals surface area contributed by atoms with E-state index < -0.39 is 0 Å². The maximum atomic E-state index is 5.81. The van der Waals surface area contributed by atoms with Crippen molar-refractivity contribution in [3.63, 3.8) is 0 Å². The third-order valence-electron chi connectivity index (χ3n) is 2.05. The lowest BCUT2D eigenvalue weighted by Gasteiger charge is -2.11. The summed E-state index contributed by atoms with van der Waals surface area (Å²) in [5.74, 6) is 1.05. The number of hydrogen-bond donors (Lipinski definition) is 1. The summed E-state index contributed by atoms with van der Waals surface area (Å²) in [6, 6.07) is 0. The van der Waals surface area contributed by atoms with Gasteiger partial charge in [0.25, 0.3) is 0 Å². The Bertz CT molecular complexity index is 347. The van der Waals surface area contributed by atoms with Crippen molar-refractivity contribution in [2.75, 3.05) is 44.6 Å². The minimum absolute atomic E-state index is 0.197. The van der Waals surface area contributed by atoms with Gasteiger partial charge in [-0.15, -0.1) is 0 Å². The summed E-state index contributed by atoms with van der Waals surface area (Å²) in [6.07, 6.45) is 2.00. The van der Waals surface area contributed by atoms with Crippen LogP contribution in [0.5, 0.6) is 0 Å². The van der Waals surface area contributed by atoms with Crippen LogP contribution in [0.25, 0.3) is 0 Å². The number of unbranched alkanes of at least 4 members (excludes halogenated alkanes) is 1. The lowest BCUT2D eigenvalue weighted by Crippen LogP contribution is -2.15. The van der Waals surface area contributed by atoms with Gasteiger partial charge >= 0.3 is 0 Å². The van der Waals surface area contributed by atoms with Crippen molar-refractivity contribution < 1.29 is 4.74 Å². The van der Waals surface area contributed by atoms with Crippen LogP contribution in [0.2, 0.25) is 5.28 Å². The highest BCUT2D eigenvalue weighted by Crippen LogP contribution is 2.11. The molecule has 0 amide bonds. The van der Waals surface area contributed by atoms with Gasteiger partial charge in [0.1, 0.15) is 0 Å². The SMILES string of the molecule is COCCCCNc1nc(Cl)nc(N(C)C)n1. The standard InChI is InChI=1S/C10H18ClN5O/c1-16(2)10-14-8(11)13-9(15-10)12-6-4-5-7-17-3/h4-7H2,1-3H3,(H,12,13,14,15). The molecule has 17 heavy (non-hydrogen) atoms. The van der Waals surface area contributed by atoms with Crippen LogP contribution in [-0.2, 0) is 4.74 Å². The van der Waals surface area contributed by atoms with Crippen LogP contribution in [0.1, 0.15) is 12.8 Å². The van der Waals surface area contributed by atoms with Gasteiger partial charge in [-0.3, -0.25) is 0 Å². The number of anilines is 2. The molecule has 0 aliphatic heterocycles. The average molecular weight is 260 g/mol. The minimum Gasteiger partial charge on any atom is -0.385 e. The molecule has 1 heterocycles. The number of rotatable bonds is 7. The lowest BCUT2D eigenvalue weighted by molar-refractivity contribution is 0.193. The molecule has 1 rings (SSSR count). The topological polar surface area (TPSA) is 63.2 Å². The number of methoxy groups -OCH3 is 1. The molecule has 0 spiro atoms. The number of ether oxygens (including phenoxy) is 1. The summed E-state index contributed by atoms with van der Waals surface area (Å²) >= 11 is 5.81. The summed E-state index contributed by atoms with van der Waals surface area (Å²) in [5.41, 5.74) is 0. The van der Waals surface area contributed by atoms with Crippen LogP contribution in [0.15, 0.2) is 0 Å². The smallest absolute Gasteiger partial charge is 0.230 e. The van der Waals surface area contributed by atoms with Crippen molar-refractivity contribution in [1.82, 2.24) is 15.0 Å². The van der Waals surface area contributed by atoms with E-state index in [1.165, 1.54) is 0 Å². The van der Waals surface area contributed by atoms with Gasteiger partial charge in [-0.25, -0.2) is 0 Å². The molecule has 0 atom stereocenters. The predicted octanol–water partition coefficient (Wildman–Crippen LogP) is 1.43. The number of aromatic nitrogens is 3. The van der Waals surface area contributed by atoms with E-state index in [4.69, 9.17) is 16.3 Å². The van der Waals surface area contributed by atoms with Gasteiger partial charge < -0.3 is 15.0 Å². The van der Waals surface area contributed by atoms with Crippen molar-refractivity contribution in [1.29, 1.82) is 0 Å². The van der Waals surface area contributed by atoms with Gasteiger partial charge in [0, 0.05) is 34.4 Å². The number of nitrogens with one attached hydrogen (secondary N) is 1. The van der Waals surface area contributed by atoms with E-state index >= 15 is 0 Å². The van der Waals surface area contributed by atoms with E-state index in [-0.39, 0.29) is 5.28 Å². The van der Waals surface area contributed by atoms with E-state index in [1.807, 2.05) is 14.1 Å². The van der Waals surface area contributed by atoms with Crippen LogP contribution in [-0.4, -0.2) is 49.3 Å². The van der Waals surface area contributed by atoms with Crippen molar-refractivity contribution in [2.45, 2.75) is 12.8 Å². The van der Waals surface area contributed by atoms with Crippen LogP contribution >= 0.6 is 11.6 Å². The van der Waals surface area contributed by atoms with E-state index in [2.05, 4.69) is 20.3 Å². The Morgan fingerprint density at radius 2 is 2.00 bits per heavy atom. The Labute approximate surface area is 106 Å². The van der Waals surface area contributed by atoms with Crippen molar-refractivity contribution in [3.8, 4) is 0 Å². The predicted molar refractivity (Wildman–Crippen MR) is 68.8 cm³/mol. The summed E-state index contributed by atoms with van der Waals surface area (Å²) in [5, 5.41) is 3.31. The Morgan fingerprint density at radius 3 is 2.65 bits per heavy atom. The molecule has 7 heteroatoms. The fraction of sp³-hybridized carbons (Fsp3) is 0.700. The second-order valence-corrected chi connectivity index (χ2v) is 4.09. The molecule has 0 bridgehead atoms. The zero-order valence-corrected chi connectivity index (χ0v) is 11.2. The normalized spacial score (nSPS) is 10.4. The Hall–Kier alpha value is -1.14. The molecule has 0 saturated heterocycles. The molecule has 1 aromatic rings. The van der Waals surface area contributed by atoms with Crippen LogP contribution in [0.3, 0.4) is 0 Å². The van der Waals surface area contributed by atoms with Crippen LogP contribution in [0, 0.1) is 0 Å². The lowest BCUT2D eigenvalue weighted by atomic mass is 10.3. The van der Waals surface area contributed by atoms with E-state index in [0.29, 0.717) is 11.9 Å². The first kappa shape index (κ1) is 13.9. The number of nitrogens with zero attached hydrogens (tertiary/aromatic N) is 4. The quantitative estimate of drug-likeness (QED) is 0.748. The number of halogens is 1. The highest BCUT2D eigenvalue weighted by molar-refractivity contribution is 6.28. The first-order valence-electron chi connectivity index (χ1n) is 5.45. The van der Waals surface area contributed by atoms with Crippen LogP contribution < -0.4 is 10.2 Å². The molecular weight excluding hydrogens is 242 g/mol. The van der Waals surface area contributed by atoms with Crippen molar-refractivity contribution in [3.05, 3.63) is 5.28 Å². The second kappa shape index (κ2) is 7.24. The molecule has 1 N–H and O–H groups in total. The largest absolute Gasteiger partial charge is 0.385 e. The summed E-state index contributed by atoms with van der Waals surface area (Å²) in [6.45, 7) is 1.55. The minimum atomic E-state index is 0.197. The first-order chi connectivity index (χ1) is 8.13. The molecule has 0 aliphatic carbocycles. The average Bonchev–Trinajstić information content (AvgIpc) is 2.28. The molecule has 96 valence electrons. The van der Waals surface area contributed by atoms with Gasteiger partial charge in [-0.1, -0.05) is 0 Å². The molecule has 6 nitrogen and oxygen atoms in total. The third-order valence-corrected chi connectivity index (χ3v) is 2.22. The fourth-order valence-corrected chi connectivity index (χ4v) is 1.35. The molecule has 0 aromatic carbocycles. The second-order valence-electron chi connectivity index (χ2n) is 3.75. The molecule has 0 fully saturated rings. The zero-order chi connectivity index (χ0) is 12.7. The molecule has 0 unspecified atom stereocenters. The molecule has 0 aliphatic rings. The third kappa shape index (κ3) is 5.14. The maximum absolute atomic E-state index is 5.81. The molecule has 1 aromatic heterocycles. The molecular formula is C10H18ClN5O.